The first-order valence-corrected chi connectivity index (χ1v) is 17.1. The lowest BCUT2D eigenvalue weighted by atomic mass is 9.92. The van der Waals surface area contributed by atoms with E-state index in [4.69, 9.17) is 19.4 Å². The third-order valence-corrected chi connectivity index (χ3v) is 10.6. The van der Waals surface area contributed by atoms with Gasteiger partial charge in [-0.15, -0.1) is 11.3 Å². The van der Waals surface area contributed by atoms with Crippen LogP contribution in [-0.4, -0.2) is 21.0 Å². The normalized spacial score (nSPS) is 16.5. The van der Waals surface area contributed by atoms with E-state index in [0.717, 1.165) is 63.1 Å². The van der Waals surface area contributed by atoms with Crippen LogP contribution in [0.25, 0.3) is 76.7 Å². The molecule has 1 unspecified atom stereocenters. The van der Waals surface area contributed by atoms with Gasteiger partial charge in [-0.1, -0.05) is 103 Å². The molecule has 3 aliphatic rings. The molecule has 48 heavy (non-hydrogen) atoms. The number of benzene rings is 4. The maximum absolute atomic E-state index is 6.88. The number of nitrogens with one attached hydrogen (secondary N) is 1. The number of rotatable bonds is 4. The lowest BCUT2D eigenvalue weighted by Gasteiger charge is -2.22. The lowest BCUT2D eigenvalue weighted by molar-refractivity contribution is 0.623. The average molecular weight is 637 g/mol. The molecule has 1 atom stereocenters. The number of fused-ring (bicyclic) bond motifs is 7. The van der Waals surface area contributed by atoms with Gasteiger partial charge in [-0.25, -0.2) is 15.0 Å². The Kier molecular flexibility index (Phi) is 6.17. The van der Waals surface area contributed by atoms with Crippen molar-refractivity contribution in [1.82, 2.24) is 15.0 Å². The summed E-state index contributed by atoms with van der Waals surface area (Å²) in [5.41, 5.74) is 8.21. The molecule has 1 N–H and O–H groups in total. The van der Waals surface area contributed by atoms with Crippen LogP contribution in [0.4, 0.5) is 5.88 Å². The van der Waals surface area contributed by atoms with Gasteiger partial charge in [-0.05, 0) is 59.9 Å². The maximum Gasteiger partial charge on any atom is 0.202 e. The molecule has 4 aromatic carbocycles. The molecule has 0 radical (unpaired) electrons. The van der Waals surface area contributed by atoms with Crippen LogP contribution in [0.15, 0.2) is 137 Å². The second kappa shape index (κ2) is 10.9. The van der Waals surface area contributed by atoms with Crippen LogP contribution in [-0.2, 0) is 0 Å². The summed E-state index contributed by atoms with van der Waals surface area (Å²) < 4.78 is 9.42. The van der Waals surface area contributed by atoms with E-state index < -0.39 is 0 Å². The van der Waals surface area contributed by atoms with Gasteiger partial charge in [0.1, 0.15) is 5.58 Å². The second-order valence-corrected chi connectivity index (χ2v) is 13.4. The molecule has 6 heteroatoms. The number of nitrogens with zero attached hydrogens (tertiary/aromatic N) is 3. The number of hydrogen-bond donors (Lipinski definition) is 1. The van der Waals surface area contributed by atoms with Crippen LogP contribution in [0.3, 0.4) is 0 Å². The Morgan fingerprint density at radius 1 is 0.708 bits per heavy atom. The monoisotopic (exact) mass is 636 g/mol. The molecule has 7 aromatic rings. The molecule has 0 saturated carbocycles. The van der Waals surface area contributed by atoms with E-state index in [0.29, 0.717) is 17.5 Å². The zero-order chi connectivity index (χ0) is 31.6. The minimum atomic E-state index is 0.0546. The van der Waals surface area contributed by atoms with Gasteiger partial charge in [0.15, 0.2) is 17.5 Å². The highest BCUT2D eigenvalue weighted by Crippen LogP contribution is 2.48. The third kappa shape index (κ3) is 4.33. The van der Waals surface area contributed by atoms with Gasteiger partial charge in [0.05, 0.1) is 6.04 Å². The second-order valence-electron chi connectivity index (χ2n) is 12.3. The van der Waals surface area contributed by atoms with Crippen LogP contribution in [0.5, 0.6) is 0 Å². The Hall–Kier alpha value is -5.85. The average Bonchev–Trinajstić information content (AvgIpc) is 3.72. The van der Waals surface area contributed by atoms with Crippen LogP contribution in [0.1, 0.15) is 24.2 Å². The van der Waals surface area contributed by atoms with Crippen LogP contribution in [0.2, 0.25) is 0 Å². The highest BCUT2D eigenvalue weighted by molar-refractivity contribution is 7.25. The zero-order valence-corrected chi connectivity index (χ0v) is 26.7. The van der Waals surface area contributed by atoms with E-state index in [1.54, 1.807) is 0 Å². The SMILES string of the molecule is C1=CCCC(c2nc(-c3ccccc3)nc(-c3ccc(-c4cccc5sc6ccccc6c45)c4oc5c(c34)C=C3C=CC=CC3N5)n2)=C1. The van der Waals surface area contributed by atoms with Crippen molar-refractivity contribution in [3.8, 4) is 33.9 Å². The number of anilines is 1. The summed E-state index contributed by atoms with van der Waals surface area (Å²) in [6, 6.07) is 29.8. The van der Waals surface area contributed by atoms with Crippen molar-refractivity contribution >= 4 is 60.0 Å². The van der Waals surface area contributed by atoms with E-state index in [1.165, 1.54) is 25.7 Å². The van der Waals surface area contributed by atoms with Crippen molar-refractivity contribution in [2.24, 2.45) is 0 Å². The van der Waals surface area contributed by atoms with Gasteiger partial charge in [-0.3, -0.25) is 0 Å². The molecule has 2 aliphatic carbocycles. The van der Waals surface area contributed by atoms with Crippen molar-refractivity contribution in [2.75, 3.05) is 5.32 Å². The minimum absolute atomic E-state index is 0.0546. The topological polar surface area (TPSA) is 63.8 Å². The van der Waals surface area contributed by atoms with E-state index in [-0.39, 0.29) is 6.04 Å². The fourth-order valence-electron chi connectivity index (χ4n) is 7.15. The lowest BCUT2D eigenvalue weighted by Crippen LogP contribution is -2.22. The molecular weight excluding hydrogens is 609 g/mol. The summed E-state index contributed by atoms with van der Waals surface area (Å²) in [6.45, 7) is 0. The highest BCUT2D eigenvalue weighted by Gasteiger charge is 2.28. The van der Waals surface area contributed by atoms with E-state index in [1.807, 2.05) is 29.5 Å². The van der Waals surface area contributed by atoms with Crippen LogP contribution >= 0.6 is 11.3 Å². The molecular formula is C42H28N4OS. The molecule has 0 bridgehead atoms. The number of aromatic nitrogens is 3. The number of thiophene rings is 1. The number of furan rings is 1. The number of allylic oxidation sites excluding steroid dienone is 6. The van der Waals surface area contributed by atoms with Crippen molar-refractivity contribution in [2.45, 2.75) is 18.9 Å². The van der Waals surface area contributed by atoms with Crippen molar-refractivity contribution in [3.05, 3.63) is 144 Å². The molecule has 0 saturated heterocycles. The van der Waals surface area contributed by atoms with Crippen LogP contribution in [0, 0.1) is 0 Å². The predicted octanol–water partition coefficient (Wildman–Crippen LogP) is 11.0. The van der Waals surface area contributed by atoms with Gasteiger partial charge in [0.2, 0.25) is 5.88 Å². The minimum Gasteiger partial charge on any atom is -0.439 e. The van der Waals surface area contributed by atoms with Crippen molar-refractivity contribution in [1.29, 1.82) is 0 Å². The van der Waals surface area contributed by atoms with Gasteiger partial charge < -0.3 is 9.73 Å². The molecule has 0 amide bonds. The molecule has 3 aromatic heterocycles. The molecule has 5 nitrogen and oxygen atoms in total. The van der Waals surface area contributed by atoms with Gasteiger partial charge in [0.25, 0.3) is 0 Å². The zero-order valence-electron chi connectivity index (χ0n) is 25.9. The van der Waals surface area contributed by atoms with E-state index in [2.05, 4.69) is 121 Å². The summed E-state index contributed by atoms with van der Waals surface area (Å²) >= 11 is 1.83. The highest BCUT2D eigenvalue weighted by atomic mass is 32.1. The number of hydrogen-bond acceptors (Lipinski definition) is 6. The van der Waals surface area contributed by atoms with Gasteiger partial charge in [0, 0.05) is 47.8 Å². The summed E-state index contributed by atoms with van der Waals surface area (Å²) in [5.74, 6) is 2.76. The van der Waals surface area contributed by atoms with Crippen LogP contribution < -0.4 is 5.32 Å². The molecule has 1 aliphatic heterocycles. The molecule has 0 spiro atoms. The first-order valence-electron chi connectivity index (χ1n) is 16.3. The first-order chi connectivity index (χ1) is 23.8. The summed E-state index contributed by atoms with van der Waals surface area (Å²) in [7, 11) is 0. The Balaban J connectivity index is 1.27. The Bertz CT molecular complexity index is 2600. The smallest absolute Gasteiger partial charge is 0.202 e. The van der Waals surface area contributed by atoms with E-state index >= 15 is 0 Å². The van der Waals surface area contributed by atoms with E-state index in [9.17, 15) is 0 Å². The quantitative estimate of drug-likeness (QED) is 0.208. The Labute approximate surface area is 281 Å². The summed E-state index contributed by atoms with van der Waals surface area (Å²) in [5, 5.41) is 7.17. The maximum atomic E-state index is 6.88. The third-order valence-electron chi connectivity index (χ3n) is 9.44. The summed E-state index contributed by atoms with van der Waals surface area (Å²) in [4.78, 5) is 15.3. The molecule has 10 rings (SSSR count). The van der Waals surface area contributed by atoms with Gasteiger partial charge >= 0.3 is 0 Å². The summed E-state index contributed by atoms with van der Waals surface area (Å²) in [6.07, 6.45) is 19.0. The fourth-order valence-corrected chi connectivity index (χ4v) is 8.28. The molecule has 0 fully saturated rings. The van der Waals surface area contributed by atoms with Crippen molar-refractivity contribution < 1.29 is 4.42 Å². The standard InChI is InChI=1S/C42H28N4OS/c1-3-12-25(13-4-1)39-44-40(26-14-5-2-6-15-26)46-41(45-39)31-23-22-29(28-18-11-21-35-36(28)30-17-8-10-20-34(30)48-35)38-37(31)32-24-27-16-7-9-19-33(27)43-42(32)47-38/h1-5,7-14,16-24,33,43H,6,15H2. The Morgan fingerprint density at radius 3 is 2.46 bits per heavy atom. The fraction of sp³-hybridized carbons (Fsp3) is 0.0714. The largest absolute Gasteiger partial charge is 0.439 e. The Morgan fingerprint density at radius 2 is 1.54 bits per heavy atom. The van der Waals surface area contributed by atoms with Gasteiger partial charge in [-0.2, -0.15) is 0 Å². The molecule has 4 heterocycles. The molecule has 228 valence electrons. The predicted molar refractivity (Wildman–Crippen MR) is 199 cm³/mol. The first kappa shape index (κ1) is 27.3. The van der Waals surface area contributed by atoms with Crippen molar-refractivity contribution in [3.63, 3.8) is 0 Å².